The average Bonchev–Trinajstić information content (AvgIpc) is 2.63. The second kappa shape index (κ2) is 4.91. The predicted molar refractivity (Wildman–Crippen MR) is 62.1 cm³/mol. The zero-order valence-electron chi connectivity index (χ0n) is 8.75. The number of nitrogens with zero attached hydrogens (tertiary/aromatic N) is 1. The Bertz CT molecular complexity index is 277. The lowest BCUT2D eigenvalue weighted by Crippen LogP contribution is -2.44. The number of hydrogen-bond donors (Lipinski definition) is 1. The summed E-state index contributed by atoms with van der Waals surface area (Å²) in [5, 5.41) is 7.91. The molecule has 0 aromatic carbocycles. The fraction of sp³-hybridized carbons (Fsp3) is 0.636. The molecule has 1 aliphatic heterocycles. The molecule has 0 unspecified atom stereocenters. The van der Waals surface area contributed by atoms with Gasteiger partial charge >= 0.3 is 0 Å². The van der Waals surface area contributed by atoms with E-state index in [2.05, 4.69) is 27.9 Å². The molecule has 14 heavy (non-hydrogen) atoms. The summed E-state index contributed by atoms with van der Waals surface area (Å²) in [5.74, 6) is 0. The van der Waals surface area contributed by atoms with Gasteiger partial charge in [-0.25, -0.2) is 0 Å². The van der Waals surface area contributed by atoms with Crippen LogP contribution in [0.3, 0.4) is 0 Å². The first-order chi connectivity index (χ1) is 6.86. The van der Waals surface area contributed by atoms with Gasteiger partial charge in [-0.05, 0) is 35.2 Å². The minimum atomic E-state index is 1.16. The minimum Gasteiger partial charge on any atom is -0.314 e. The minimum absolute atomic E-state index is 1.16. The summed E-state index contributed by atoms with van der Waals surface area (Å²) in [6.45, 7) is 8.17. The van der Waals surface area contributed by atoms with Gasteiger partial charge in [0.1, 0.15) is 0 Å². The topological polar surface area (TPSA) is 15.3 Å². The molecule has 0 radical (unpaired) electrons. The van der Waals surface area contributed by atoms with Gasteiger partial charge in [0.2, 0.25) is 0 Å². The molecule has 2 nitrogen and oxygen atoms in total. The lowest BCUT2D eigenvalue weighted by molar-refractivity contribution is 0.244. The Morgan fingerprint density at radius 2 is 2.14 bits per heavy atom. The van der Waals surface area contributed by atoms with Crippen molar-refractivity contribution in [1.82, 2.24) is 10.2 Å². The Hall–Kier alpha value is -0.380. The maximum absolute atomic E-state index is 3.38. The van der Waals surface area contributed by atoms with Crippen molar-refractivity contribution in [3.63, 3.8) is 0 Å². The van der Waals surface area contributed by atoms with Crippen LogP contribution in [0.5, 0.6) is 0 Å². The van der Waals surface area contributed by atoms with Gasteiger partial charge in [-0.1, -0.05) is 0 Å². The maximum atomic E-state index is 3.38. The van der Waals surface area contributed by atoms with Crippen molar-refractivity contribution < 1.29 is 0 Å². The Morgan fingerprint density at radius 1 is 1.36 bits per heavy atom. The molecule has 0 amide bonds. The molecular weight excluding hydrogens is 192 g/mol. The van der Waals surface area contributed by atoms with E-state index in [4.69, 9.17) is 0 Å². The number of nitrogens with one attached hydrogen (secondary N) is 1. The molecule has 1 aromatic heterocycles. The van der Waals surface area contributed by atoms with Crippen LogP contribution in [0.2, 0.25) is 0 Å². The molecule has 1 N–H and O–H groups in total. The average molecular weight is 210 g/mol. The van der Waals surface area contributed by atoms with Gasteiger partial charge in [-0.3, -0.25) is 0 Å². The highest BCUT2D eigenvalue weighted by Crippen LogP contribution is 2.14. The first-order valence-corrected chi connectivity index (χ1v) is 6.25. The van der Waals surface area contributed by atoms with Gasteiger partial charge in [0.25, 0.3) is 0 Å². The maximum Gasteiger partial charge on any atom is 0.0108 e. The summed E-state index contributed by atoms with van der Waals surface area (Å²) in [5.41, 5.74) is 3.00. The Labute approximate surface area is 89.9 Å². The first-order valence-electron chi connectivity index (χ1n) is 5.31. The van der Waals surface area contributed by atoms with Crippen LogP contribution in [0, 0.1) is 6.92 Å². The molecule has 3 heteroatoms. The fourth-order valence-corrected chi connectivity index (χ4v) is 2.75. The summed E-state index contributed by atoms with van der Waals surface area (Å²) >= 11 is 1.82. The van der Waals surface area contributed by atoms with E-state index >= 15 is 0 Å². The quantitative estimate of drug-likeness (QED) is 0.813. The molecule has 2 heterocycles. The predicted octanol–water partition coefficient (Wildman–Crippen LogP) is 1.50. The van der Waals surface area contributed by atoms with Gasteiger partial charge in [-0.15, -0.1) is 0 Å². The number of hydrogen-bond acceptors (Lipinski definition) is 3. The van der Waals surface area contributed by atoms with Crippen molar-refractivity contribution >= 4 is 11.3 Å². The van der Waals surface area contributed by atoms with E-state index in [1.165, 1.54) is 37.2 Å². The highest BCUT2D eigenvalue weighted by atomic mass is 32.1. The van der Waals surface area contributed by atoms with E-state index < -0.39 is 0 Å². The molecule has 0 saturated carbocycles. The monoisotopic (exact) mass is 210 g/mol. The van der Waals surface area contributed by atoms with Gasteiger partial charge in [-0.2, -0.15) is 11.3 Å². The highest BCUT2D eigenvalue weighted by Gasteiger charge is 2.09. The van der Waals surface area contributed by atoms with Crippen LogP contribution < -0.4 is 5.32 Å². The summed E-state index contributed by atoms with van der Waals surface area (Å²) in [7, 11) is 0. The highest BCUT2D eigenvalue weighted by molar-refractivity contribution is 7.08. The number of piperazine rings is 1. The van der Waals surface area contributed by atoms with Crippen molar-refractivity contribution in [1.29, 1.82) is 0 Å². The molecule has 1 aliphatic rings. The molecule has 0 spiro atoms. The molecular formula is C11H18N2S. The van der Waals surface area contributed by atoms with Gasteiger partial charge in [0.05, 0.1) is 0 Å². The van der Waals surface area contributed by atoms with Crippen LogP contribution in [0.15, 0.2) is 10.8 Å². The van der Waals surface area contributed by atoms with E-state index in [0.717, 1.165) is 13.1 Å². The third kappa shape index (κ3) is 2.56. The summed E-state index contributed by atoms with van der Waals surface area (Å²) in [6.07, 6.45) is 1.22. The fourth-order valence-electron chi connectivity index (χ4n) is 1.86. The summed E-state index contributed by atoms with van der Waals surface area (Å²) in [6, 6.07) is 0. The molecule has 2 rings (SSSR count). The molecule has 1 saturated heterocycles. The third-order valence-electron chi connectivity index (χ3n) is 2.87. The van der Waals surface area contributed by atoms with Crippen molar-refractivity contribution in [2.75, 3.05) is 32.7 Å². The lowest BCUT2D eigenvalue weighted by atomic mass is 10.1. The van der Waals surface area contributed by atoms with Crippen molar-refractivity contribution in [2.24, 2.45) is 0 Å². The van der Waals surface area contributed by atoms with E-state index in [0.29, 0.717) is 0 Å². The van der Waals surface area contributed by atoms with Gasteiger partial charge in [0.15, 0.2) is 0 Å². The van der Waals surface area contributed by atoms with E-state index in [1.807, 2.05) is 11.3 Å². The number of thiophene rings is 1. The van der Waals surface area contributed by atoms with E-state index in [-0.39, 0.29) is 0 Å². The second-order valence-electron chi connectivity index (χ2n) is 3.92. The standard InChI is InChI=1S/C11H18N2S/c1-10-8-14-9-11(10)2-5-13-6-3-12-4-7-13/h8-9,12H,2-7H2,1H3. The molecule has 0 aliphatic carbocycles. The molecule has 1 aromatic rings. The van der Waals surface area contributed by atoms with Crippen molar-refractivity contribution in [2.45, 2.75) is 13.3 Å². The van der Waals surface area contributed by atoms with Crippen LogP contribution in [-0.4, -0.2) is 37.6 Å². The second-order valence-corrected chi connectivity index (χ2v) is 4.67. The summed E-state index contributed by atoms with van der Waals surface area (Å²) in [4.78, 5) is 2.55. The van der Waals surface area contributed by atoms with Crippen LogP contribution in [0.4, 0.5) is 0 Å². The Balaban J connectivity index is 1.79. The van der Waals surface area contributed by atoms with E-state index in [9.17, 15) is 0 Å². The normalized spacial score (nSPS) is 18.6. The molecule has 0 atom stereocenters. The van der Waals surface area contributed by atoms with Crippen LogP contribution >= 0.6 is 11.3 Å². The SMILES string of the molecule is Cc1cscc1CCN1CCNCC1. The molecule has 0 bridgehead atoms. The summed E-state index contributed by atoms with van der Waals surface area (Å²) < 4.78 is 0. The molecule has 1 fully saturated rings. The van der Waals surface area contributed by atoms with Crippen LogP contribution in [0.1, 0.15) is 11.1 Å². The van der Waals surface area contributed by atoms with Crippen molar-refractivity contribution in [3.8, 4) is 0 Å². The number of aryl methyl sites for hydroxylation is 1. The third-order valence-corrected chi connectivity index (χ3v) is 3.78. The van der Waals surface area contributed by atoms with E-state index in [1.54, 1.807) is 0 Å². The van der Waals surface area contributed by atoms with Gasteiger partial charge < -0.3 is 10.2 Å². The largest absolute Gasteiger partial charge is 0.314 e. The van der Waals surface area contributed by atoms with Gasteiger partial charge in [0, 0.05) is 32.7 Å². The van der Waals surface area contributed by atoms with Crippen LogP contribution in [0.25, 0.3) is 0 Å². The first kappa shape index (κ1) is 10.1. The number of rotatable bonds is 3. The lowest BCUT2D eigenvalue weighted by Gasteiger charge is -2.27. The Morgan fingerprint density at radius 3 is 2.79 bits per heavy atom. The Kier molecular flexibility index (Phi) is 3.56. The smallest absolute Gasteiger partial charge is 0.0108 e. The van der Waals surface area contributed by atoms with Crippen molar-refractivity contribution in [3.05, 3.63) is 21.9 Å². The van der Waals surface area contributed by atoms with Crippen LogP contribution in [-0.2, 0) is 6.42 Å². The zero-order valence-corrected chi connectivity index (χ0v) is 9.57. The molecule has 78 valence electrons. The zero-order chi connectivity index (χ0) is 9.80.